The first-order valence-corrected chi connectivity index (χ1v) is 38.2. The highest BCUT2D eigenvalue weighted by atomic mass is 30.2. The number of rotatable bonds is 0. The third-order valence-corrected chi connectivity index (χ3v) is 157. The molecule has 6 heteroatoms. The highest BCUT2D eigenvalue weighted by Crippen LogP contribution is 2.70. The molecule has 7 fully saturated rings. The van der Waals surface area contributed by atoms with Gasteiger partial charge < -0.3 is 0 Å². The maximum atomic E-state index is 2.01. The number of hydrogen-bond donors (Lipinski definition) is 0. The Labute approximate surface area is 229 Å². The topological polar surface area (TPSA) is 0 Å². The van der Waals surface area contributed by atoms with Gasteiger partial charge in [0, 0.05) is 42.7 Å². The summed E-state index contributed by atoms with van der Waals surface area (Å²) in [5.74, 6) is 0. The summed E-state index contributed by atoms with van der Waals surface area (Å²) in [5.41, 5.74) is 0. The molecule has 7 aliphatic heterocycles. The van der Waals surface area contributed by atoms with Crippen molar-refractivity contribution in [3.63, 3.8) is 0 Å². The first kappa shape index (κ1) is 26.2. The fourth-order valence-electron chi connectivity index (χ4n) is 15.4. The normalized spacial score (nSPS) is 36.0. The molecule has 7 rings (SSSR count). The fraction of sp³-hybridized carbons (Fsp3) is 1.00. The van der Waals surface area contributed by atoms with Gasteiger partial charge in [0.25, 0.3) is 0 Å². The first-order valence-electron chi connectivity index (χ1n) is 17.7. The van der Waals surface area contributed by atoms with Crippen LogP contribution in [0.1, 0.15) is 116 Å². The SMILES string of the molecule is C1CC[Si]2(CC1)[Si]1(CCCCC1)[Si]1(CCCCC1)[Si]1(CCCCC1)[Si]1(CCCCC1)[Si]21CCCCC1. The van der Waals surface area contributed by atoms with Crippen LogP contribution in [0.4, 0.5) is 0 Å². The smallest absolute Gasteiger partial charge is 0.0378 e. The summed E-state index contributed by atoms with van der Waals surface area (Å²) in [6, 6.07) is 24.2. The van der Waals surface area contributed by atoms with E-state index in [1.54, 1.807) is 116 Å². The van der Waals surface area contributed by atoms with Crippen LogP contribution in [0.15, 0.2) is 0 Å². The van der Waals surface area contributed by atoms with Gasteiger partial charge in [0.15, 0.2) is 0 Å². The lowest BCUT2D eigenvalue weighted by atomic mass is 10.3. The van der Waals surface area contributed by atoms with Crippen LogP contribution in [0.2, 0.25) is 72.5 Å². The van der Waals surface area contributed by atoms with E-state index < -0.39 is 42.7 Å². The molecule has 0 amide bonds. The van der Waals surface area contributed by atoms with Gasteiger partial charge in [-0.2, -0.15) is 0 Å². The van der Waals surface area contributed by atoms with Crippen LogP contribution in [0.5, 0.6) is 0 Å². The summed E-state index contributed by atoms with van der Waals surface area (Å²) in [4.78, 5) is 0. The molecule has 36 heavy (non-hydrogen) atoms. The molecule has 7 aliphatic rings. The minimum atomic E-state index is -1.06. The average molecular weight is 589 g/mol. The van der Waals surface area contributed by atoms with Crippen LogP contribution in [0.3, 0.4) is 0 Å². The molecule has 7 heterocycles. The van der Waals surface area contributed by atoms with Gasteiger partial charge in [0.05, 0.1) is 0 Å². The van der Waals surface area contributed by atoms with Gasteiger partial charge in [-0.1, -0.05) is 188 Å². The highest BCUT2D eigenvalue weighted by Gasteiger charge is 2.87. The van der Waals surface area contributed by atoms with Crippen molar-refractivity contribution in [2.45, 2.75) is 188 Å². The van der Waals surface area contributed by atoms with Crippen molar-refractivity contribution in [3.8, 4) is 0 Å². The minimum Gasteiger partial charge on any atom is -0.0612 e. The van der Waals surface area contributed by atoms with Crippen molar-refractivity contribution < 1.29 is 0 Å². The second kappa shape index (κ2) is 9.99. The average Bonchev–Trinajstić information content (AvgIpc) is 2.98. The lowest BCUT2D eigenvalue weighted by Crippen LogP contribution is -3.07. The van der Waals surface area contributed by atoms with Crippen molar-refractivity contribution >= 4 is 42.7 Å². The maximum Gasteiger partial charge on any atom is 0.0378 e. The molecule has 7 saturated heterocycles. The maximum absolute atomic E-state index is 2.01. The monoisotopic (exact) mass is 588 g/mol. The largest absolute Gasteiger partial charge is 0.0612 e. The van der Waals surface area contributed by atoms with Crippen LogP contribution >= 0.6 is 0 Å². The van der Waals surface area contributed by atoms with Crippen LogP contribution in [-0.2, 0) is 0 Å². The molecule has 204 valence electrons. The molecule has 0 atom stereocenters. The van der Waals surface area contributed by atoms with Crippen LogP contribution in [0.25, 0.3) is 0 Å². The Kier molecular flexibility index (Phi) is 7.27. The molecule has 6 spiro atoms. The van der Waals surface area contributed by atoms with E-state index in [9.17, 15) is 0 Å². The Morgan fingerprint density at radius 2 is 0.250 bits per heavy atom. The predicted molar refractivity (Wildman–Crippen MR) is 175 cm³/mol. The summed E-state index contributed by atoms with van der Waals surface area (Å²) in [6.07, 6.45) is 31.4. The van der Waals surface area contributed by atoms with E-state index >= 15 is 0 Å². The van der Waals surface area contributed by atoms with Gasteiger partial charge in [-0.3, -0.25) is 0 Å². The standard InChI is InChI=1S/C30H60Si6/c1-7-19-31(20-8-1)32(21-9-2-10-22-32)34(25-13-4-14-26-34)36(29-17-6-18-30-36)35(27-15-5-16-28-35)33(31)23-11-3-12-24-33/h1-30H2. The van der Waals surface area contributed by atoms with E-state index in [0.29, 0.717) is 0 Å². The second-order valence-electron chi connectivity index (χ2n) is 15.9. The van der Waals surface area contributed by atoms with Crippen molar-refractivity contribution in [3.05, 3.63) is 0 Å². The van der Waals surface area contributed by atoms with E-state index in [-0.39, 0.29) is 0 Å². The summed E-state index contributed by atoms with van der Waals surface area (Å²) < 4.78 is 0. The summed E-state index contributed by atoms with van der Waals surface area (Å²) in [7, 11) is -6.37. The van der Waals surface area contributed by atoms with E-state index in [2.05, 4.69) is 0 Å². The Morgan fingerprint density at radius 1 is 0.139 bits per heavy atom. The lowest BCUT2D eigenvalue weighted by molar-refractivity contribution is 0.677. The third kappa shape index (κ3) is 3.12. The molecule has 0 nitrogen and oxygen atoms in total. The van der Waals surface area contributed by atoms with E-state index in [4.69, 9.17) is 0 Å². The Hall–Kier alpha value is 1.30. The van der Waals surface area contributed by atoms with Crippen molar-refractivity contribution in [2.24, 2.45) is 0 Å². The molecule has 0 aromatic carbocycles. The molecule has 0 radical (unpaired) electrons. The van der Waals surface area contributed by atoms with Gasteiger partial charge in [-0.05, 0) is 0 Å². The van der Waals surface area contributed by atoms with Gasteiger partial charge >= 0.3 is 0 Å². The van der Waals surface area contributed by atoms with E-state index in [1.165, 1.54) is 0 Å². The fourth-order valence-corrected chi connectivity index (χ4v) is 282. The molecule has 0 aromatic heterocycles. The summed E-state index contributed by atoms with van der Waals surface area (Å²) in [5, 5.41) is 0. The zero-order valence-electron chi connectivity index (χ0n) is 24.2. The quantitative estimate of drug-likeness (QED) is 0.247. The van der Waals surface area contributed by atoms with E-state index in [1.807, 2.05) is 72.5 Å². The molecule has 0 unspecified atom stereocenters. The minimum absolute atomic E-state index is 1.06. The molecule has 0 aromatic rings. The van der Waals surface area contributed by atoms with Gasteiger partial charge in [0.1, 0.15) is 0 Å². The zero-order chi connectivity index (χ0) is 24.2. The second-order valence-corrected chi connectivity index (χ2v) is 78.3. The molecular weight excluding hydrogens is 529 g/mol. The number of hydrogen-bond acceptors (Lipinski definition) is 0. The Balaban J connectivity index is 1.57. The molecular formula is C30H60Si6. The molecule has 0 saturated carbocycles. The predicted octanol–water partition coefficient (Wildman–Crippen LogP) is 10.3. The summed E-state index contributed by atoms with van der Waals surface area (Å²) in [6.45, 7) is 0. The van der Waals surface area contributed by atoms with Crippen LogP contribution < -0.4 is 0 Å². The van der Waals surface area contributed by atoms with Crippen LogP contribution in [-0.4, -0.2) is 42.7 Å². The van der Waals surface area contributed by atoms with Crippen molar-refractivity contribution in [1.29, 1.82) is 0 Å². The van der Waals surface area contributed by atoms with Crippen LogP contribution in [0, 0.1) is 0 Å². The Morgan fingerprint density at radius 3 is 0.361 bits per heavy atom. The zero-order valence-corrected chi connectivity index (χ0v) is 30.2. The van der Waals surface area contributed by atoms with Crippen molar-refractivity contribution in [1.82, 2.24) is 0 Å². The number of fused-ring (bicyclic) bond motifs is 6. The third-order valence-electron chi connectivity index (χ3n) is 15.7. The summed E-state index contributed by atoms with van der Waals surface area (Å²) >= 11 is 0. The molecule has 0 N–H and O–H groups in total. The van der Waals surface area contributed by atoms with E-state index in [0.717, 1.165) is 0 Å². The van der Waals surface area contributed by atoms with Gasteiger partial charge in [0.2, 0.25) is 0 Å². The van der Waals surface area contributed by atoms with Gasteiger partial charge in [-0.15, -0.1) is 0 Å². The lowest BCUT2D eigenvalue weighted by Gasteiger charge is -2.83. The van der Waals surface area contributed by atoms with Crippen molar-refractivity contribution in [2.75, 3.05) is 0 Å². The first-order chi connectivity index (χ1) is 17.7. The molecule has 0 bridgehead atoms. The molecule has 0 aliphatic carbocycles. The Bertz CT molecular complexity index is 579. The van der Waals surface area contributed by atoms with Gasteiger partial charge in [-0.25, -0.2) is 0 Å². The highest BCUT2D eigenvalue weighted by molar-refractivity contribution is 8.14.